The molecule has 2 aromatic rings. The molecular weight excluding hydrogens is 366 g/mol. The molecule has 0 saturated carbocycles. The number of carbonyl (C=O) groups excluding carboxylic acids is 2. The van der Waals surface area contributed by atoms with E-state index in [4.69, 9.17) is 0 Å². The molecule has 3 heterocycles. The van der Waals surface area contributed by atoms with E-state index < -0.39 is 0 Å². The van der Waals surface area contributed by atoms with Gasteiger partial charge in [0.15, 0.2) is 0 Å². The smallest absolute Gasteiger partial charge is 0.267 e. The maximum Gasteiger partial charge on any atom is 0.267 e. The van der Waals surface area contributed by atoms with Crippen molar-refractivity contribution in [2.75, 3.05) is 13.1 Å². The molecule has 3 rings (SSSR count). The molecule has 0 fully saturated rings. The van der Waals surface area contributed by atoms with E-state index in [1.54, 1.807) is 23.6 Å². The first-order chi connectivity index (χ1) is 10.6. The van der Waals surface area contributed by atoms with Gasteiger partial charge in [0.05, 0.1) is 0 Å². The first-order valence-electron chi connectivity index (χ1n) is 7.08. The highest BCUT2D eigenvalue weighted by molar-refractivity contribution is 9.10. The topological polar surface area (TPSA) is 65.2 Å². The Morgan fingerprint density at radius 1 is 1.45 bits per heavy atom. The van der Waals surface area contributed by atoms with Crippen molar-refractivity contribution in [1.29, 1.82) is 0 Å². The van der Waals surface area contributed by atoms with Gasteiger partial charge in [-0.1, -0.05) is 0 Å². The Balaban J connectivity index is 1.46. The van der Waals surface area contributed by atoms with Crippen molar-refractivity contribution in [2.24, 2.45) is 0 Å². The van der Waals surface area contributed by atoms with Crippen molar-refractivity contribution in [3.63, 3.8) is 0 Å². The van der Waals surface area contributed by atoms with Crippen molar-refractivity contribution in [2.45, 2.75) is 19.4 Å². The summed E-state index contributed by atoms with van der Waals surface area (Å²) in [6, 6.07) is 3.80. The van der Waals surface area contributed by atoms with Crippen LogP contribution < -0.4 is 5.32 Å². The van der Waals surface area contributed by atoms with Crippen molar-refractivity contribution >= 4 is 39.1 Å². The van der Waals surface area contributed by atoms with Gasteiger partial charge in [-0.2, -0.15) is 0 Å². The van der Waals surface area contributed by atoms with Crippen LogP contribution in [0.5, 0.6) is 0 Å². The monoisotopic (exact) mass is 381 g/mol. The second-order valence-corrected chi connectivity index (χ2v) is 7.09. The van der Waals surface area contributed by atoms with E-state index >= 15 is 0 Å². The number of thiophene rings is 1. The Bertz CT molecular complexity index is 695. The van der Waals surface area contributed by atoms with Crippen LogP contribution >= 0.6 is 27.3 Å². The number of aromatic amines is 1. The average molecular weight is 382 g/mol. The van der Waals surface area contributed by atoms with Crippen molar-refractivity contribution in [3.8, 4) is 0 Å². The molecule has 0 bridgehead atoms. The predicted octanol–water partition coefficient (Wildman–Crippen LogP) is 2.54. The molecule has 1 aliphatic rings. The van der Waals surface area contributed by atoms with Crippen LogP contribution in [0.15, 0.2) is 28.2 Å². The largest absolute Gasteiger partial charge is 0.356 e. The summed E-state index contributed by atoms with van der Waals surface area (Å²) in [5.74, 6) is -0.109. The Labute approximate surface area is 140 Å². The second kappa shape index (κ2) is 6.66. The van der Waals surface area contributed by atoms with Crippen LogP contribution in [-0.2, 0) is 17.8 Å². The maximum absolute atomic E-state index is 12.2. The molecule has 2 amide bonds. The number of H-pyrrole nitrogens is 1. The van der Waals surface area contributed by atoms with Crippen molar-refractivity contribution < 1.29 is 9.59 Å². The molecule has 0 atom stereocenters. The van der Waals surface area contributed by atoms with Gasteiger partial charge in [-0.15, -0.1) is 11.3 Å². The molecule has 1 aliphatic heterocycles. The van der Waals surface area contributed by atoms with Gasteiger partial charge in [-0.05, 0) is 45.4 Å². The average Bonchev–Trinajstić information content (AvgIpc) is 3.14. The van der Waals surface area contributed by atoms with Crippen molar-refractivity contribution in [3.05, 3.63) is 44.3 Å². The van der Waals surface area contributed by atoms with Gasteiger partial charge in [0.2, 0.25) is 5.91 Å². The minimum absolute atomic E-state index is 0.0878. The standard InChI is InChI=1S/C15H16BrN3O2S/c16-11-7-12(18-8-11)15(21)17-4-1-14(20)19-5-2-13-10(9-19)3-6-22-13/h3,6-8,18H,1-2,4-5,9H2,(H,17,21). The quantitative estimate of drug-likeness (QED) is 0.854. The van der Waals surface area contributed by atoms with E-state index in [1.807, 2.05) is 4.90 Å². The number of nitrogens with zero attached hydrogens (tertiary/aromatic N) is 1. The minimum Gasteiger partial charge on any atom is -0.356 e. The third kappa shape index (κ3) is 3.41. The normalized spacial score (nSPS) is 13.8. The lowest BCUT2D eigenvalue weighted by Gasteiger charge is -2.27. The summed E-state index contributed by atoms with van der Waals surface area (Å²) in [5.41, 5.74) is 1.74. The highest BCUT2D eigenvalue weighted by atomic mass is 79.9. The summed E-state index contributed by atoms with van der Waals surface area (Å²) < 4.78 is 0.827. The Kier molecular flexibility index (Phi) is 4.63. The first kappa shape index (κ1) is 15.3. The van der Waals surface area contributed by atoms with Crippen LogP contribution in [0, 0.1) is 0 Å². The predicted molar refractivity (Wildman–Crippen MR) is 88.9 cm³/mol. The van der Waals surface area contributed by atoms with E-state index in [1.165, 1.54) is 10.4 Å². The molecule has 0 spiro atoms. The second-order valence-electron chi connectivity index (χ2n) is 5.17. The molecule has 7 heteroatoms. The van der Waals surface area contributed by atoms with Crippen molar-refractivity contribution in [1.82, 2.24) is 15.2 Å². The third-order valence-electron chi connectivity index (χ3n) is 3.68. The summed E-state index contributed by atoms with van der Waals surface area (Å²) in [5, 5.41) is 4.84. The third-order valence-corrected chi connectivity index (χ3v) is 5.16. The van der Waals surface area contributed by atoms with E-state index in [2.05, 4.69) is 37.7 Å². The van der Waals surface area contributed by atoms with Crippen LogP contribution in [0.25, 0.3) is 0 Å². The lowest BCUT2D eigenvalue weighted by Crippen LogP contribution is -2.37. The van der Waals surface area contributed by atoms with Gasteiger partial charge in [0.1, 0.15) is 5.69 Å². The van der Waals surface area contributed by atoms with Crippen LogP contribution in [0.3, 0.4) is 0 Å². The summed E-state index contributed by atoms with van der Waals surface area (Å²) in [7, 11) is 0. The fourth-order valence-corrected chi connectivity index (χ4v) is 3.73. The van der Waals surface area contributed by atoms with Crippen LogP contribution in [0.4, 0.5) is 0 Å². The zero-order valence-electron chi connectivity index (χ0n) is 11.9. The number of nitrogens with one attached hydrogen (secondary N) is 2. The number of fused-ring (bicyclic) bond motifs is 1. The van der Waals surface area contributed by atoms with Gasteiger partial charge in [0, 0.05) is 41.6 Å². The van der Waals surface area contributed by atoms with E-state index in [0.717, 1.165) is 17.4 Å². The number of aromatic nitrogens is 1. The minimum atomic E-state index is -0.197. The lowest BCUT2D eigenvalue weighted by molar-refractivity contribution is -0.131. The number of carbonyl (C=O) groups is 2. The molecular formula is C15H16BrN3O2S. The van der Waals surface area contributed by atoms with Crippen LogP contribution in [-0.4, -0.2) is 34.8 Å². The number of amides is 2. The highest BCUT2D eigenvalue weighted by Crippen LogP contribution is 2.24. The van der Waals surface area contributed by atoms with Gasteiger partial charge in [0.25, 0.3) is 5.91 Å². The number of hydrogen-bond donors (Lipinski definition) is 2. The number of rotatable bonds is 4. The Morgan fingerprint density at radius 2 is 2.32 bits per heavy atom. The zero-order valence-corrected chi connectivity index (χ0v) is 14.3. The summed E-state index contributed by atoms with van der Waals surface area (Å²) in [4.78, 5) is 30.2. The van der Waals surface area contributed by atoms with E-state index in [-0.39, 0.29) is 11.8 Å². The first-order valence-corrected chi connectivity index (χ1v) is 8.76. The molecule has 0 aromatic carbocycles. The molecule has 5 nitrogen and oxygen atoms in total. The SMILES string of the molecule is O=C(NCCC(=O)N1CCc2sccc2C1)c1cc(Br)c[nH]1. The Morgan fingerprint density at radius 3 is 3.09 bits per heavy atom. The summed E-state index contributed by atoms with van der Waals surface area (Å²) >= 11 is 5.04. The lowest BCUT2D eigenvalue weighted by atomic mass is 10.1. The van der Waals surface area contributed by atoms with E-state index in [0.29, 0.717) is 25.2 Å². The molecule has 0 aliphatic carbocycles. The molecule has 0 radical (unpaired) electrons. The van der Waals surface area contributed by atoms with Gasteiger partial charge >= 0.3 is 0 Å². The Hall–Kier alpha value is -1.60. The molecule has 0 unspecified atom stereocenters. The molecule has 2 aromatic heterocycles. The van der Waals surface area contributed by atoms with Crippen LogP contribution in [0.1, 0.15) is 27.3 Å². The van der Waals surface area contributed by atoms with Gasteiger partial charge < -0.3 is 15.2 Å². The number of hydrogen-bond acceptors (Lipinski definition) is 3. The maximum atomic E-state index is 12.2. The zero-order chi connectivity index (χ0) is 15.5. The highest BCUT2D eigenvalue weighted by Gasteiger charge is 2.21. The molecule has 0 saturated heterocycles. The van der Waals surface area contributed by atoms with Crippen LogP contribution in [0.2, 0.25) is 0 Å². The molecule has 22 heavy (non-hydrogen) atoms. The number of halogens is 1. The molecule has 2 N–H and O–H groups in total. The summed E-state index contributed by atoms with van der Waals surface area (Å²) in [6.07, 6.45) is 2.96. The van der Waals surface area contributed by atoms with Gasteiger partial charge in [-0.25, -0.2) is 0 Å². The fourth-order valence-electron chi connectivity index (χ4n) is 2.50. The van der Waals surface area contributed by atoms with E-state index in [9.17, 15) is 9.59 Å². The summed E-state index contributed by atoms with van der Waals surface area (Å²) in [6.45, 7) is 1.81. The van der Waals surface area contributed by atoms with Gasteiger partial charge in [-0.3, -0.25) is 9.59 Å². The fraction of sp³-hybridized carbons (Fsp3) is 0.333. The molecule has 116 valence electrons.